The number of aliphatic hydroxyl groups excluding tert-OH is 2. The average Bonchev–Trinajstić information content (AvgIpc) is 3.45. The molecule has 8 heteroatoms. The van der Waals surface area contributed by atoms with E-state index in [-0.39, 0.29) is 17.2 Å². The van der Waals surface area contributed by atoms with Crippen LogP contribution < -0.4 is 5.73 Å². The molecule has 31 heavy (non-hydrogen) atoms. The van der Waals surface area contributed by atoms with Crippen LogP contribution >= 0.6 is 22.9 Å². The van der Waals surface area contributed by atoms with E-state index in [0.717, 1.165) is 22.2 Å². The van der Waals surface area contributed by atoms with E-state index in [1.54, 1.807) is 17.5 Å². The van der Waals surface area contributed by atoms with Crippen LogP contribution in [0.4, 0.5) is 0 Å². The van der Waals surface area contributed by atoms with Gasteiger partial charge in [0.25, 0.3) is 0 Å². The minimum absolute atomic E-state index is 0.151. The van der Waals surface area contributed by atoms with Crippen LogP contribution in [0.2, 0.25) is 5.28 Å². The molecule has 1 aliphatic carbocycles. The lowest BCUT2D eigenvalue weighted by atomic mass is 10.1. The Morgan fingerprint density at radius 3 is 2.71 bits per heavy atom. The number of nitrogens with two attached hydrogens (primary N) is 1. The molecule has 1 saturated carbocycles. The zero-order chi connectivity index (χ0) is 21.5. The fourth-order valence-electron chi connectivity index (χ4n) is 4.51. The molecular formula is C23H23ClN4O2S. The normalized spacial score (nSPS) is 23.6. The van der Waals surface area contributed by atoms with Crippen LogP contribution in [0.15, 0.2) is 54.2 Å². The first-order chi connectivity index (χ1) is 15.0. The second kappa shape index (κ2) is 8.33. The summed E-state index contributed by atoms with van der Waals surface area (Å²) in [6, 6.07) is 12.2. The zero-order valence-corrected chi connectivity index (χ0v) is 18.3. The molecular weight excluding hydrogens is 432 g/mol. The number of hydrogen-bond donors (Lipinski definition) is 3. The molecule has 0 saturated heterocycles. The molecule has 0 amide bonds. The number of hydrogen-bond acceptors (Lipinski definition) is 6. The van der Waals surface area contributed by atoms with Crippen molar-refractivity contribution in [3.05, 3.63) is 70.6 Å². The van der Waals surface area contributed by atoms with Gasteiger partial charge in [0.05, 0.1) is 12.1 Å². The van der Waals surface area contributed by atoms with E-state index in [4.69, 9.17) is 17.3 Å². The molecule has 4 aromatic rings. The van der Waals surface area contributed by atoms with Gasteiger partial charge in [-0.1, -0.05) is 30.3 Å². The summed E-state index contributed by atoms with van der Waals surface area (Å²) in [5.41, 5.74) is 9.95. The predicted octanol–water partition coefficient (Wildman–Crippen LogP) is 3.65. The Kier molecular flexibility index (Phi) is 5.54. The first-order valence-corrected chi connectivity index (χ1v) is 11.5. The largest absolute Gasteiger partial charge is 0.390 e. The Labute approximate surface area is 189 Å². The first-order valence-electron chi connectivity index (χ1n) is 10.3. The number of rotatable bonds is 5. The zero-order valence-electron chi connectivity index (χ0n) is 16.7. The number of benzene rings is 1. The van der Waals surface area contributed by atoms with Crippen molar-refractivity contribution in [1.82, 2.24) is 14.5 Å². The van der Waals surface area contributed by atoms with Crippen molar-refractivity contribution in [2.24, 2.45) is 11.7 Å². The quantitative estimate of drug-likeness (QED) is 0.400. The molecule has 5 rings (SSSR count). The van der Waals surface area contributed by atoms with Gasteiger partial charge >= 0.3 is 0 Å². The molecule has 4 atom stereocenters. The van der Waals surface area contributed by atoms with Crippen molar-refractivity contribution in [3.8, 4) is 10.4 Å². The van der Waals surface area contributed by atoms with Gasteiger partial charge in [0.15, 0.2) is 0 Å². The van der Waals surface area contributed by atoms with Crippen LogP contribution in [0.1, 0.15) is 23.6 Å². The average molecular weight is 455 g/mol. The van der Waals surface area contributed by atoms with Gasteiger partial charge in [0.1, 0.15) is 11.8 Å². The molecule has 0 spiro atoms. The summed E-state index contributed by atoms with van der Waals surface area (Å²) in [7, 11) is 0. The molecule has 3 aromatic heterocycles. The minimum atomic E-state index is -0.914. The highest BCUT2D eigenvalue weighted by Crippen LogP contribution is 2.41. The van der Waals surface area contributed by atoms with E-state index in [1.165, 1.54) is 11.1 Å². The molecule has 1 fully saturated rings. The minimum Gasteiger partial charge on any atom is -0.390 e. The number of nitrogens with zero attached hydrogens (tertiary/aromatic N) is 3. The third-order valence-electron chi connectivity index (χ3n) is 6.14. The SMILES string of the molecule is NC[C@H]1C[C@@H](n2cc(-c3cc(Cc4ccccc4)cs3)c3cnc(Cl)nc32)[C@H](O)[C@@H]1O. The molecule has 3 heterocycles. The first kappa shape index (κ1) is 20.6. The smallest absolute Gasteiger partial charge is 0.224 e. The van der Waals surface area contributed by atoms with E-state index in [1.807, 2.05) is 29.0 Å². The van der Waals surface area contributed by atoms with Crippen molar-refractivity contribution in [2.75, 3.05) is 6.54 Å². The van der Waals surface area contributed by atoms with Crippen LogP contribution in [0, 0.1) is 5.92 Å². The molecule has 0 aliphatic heterocycles. The number of halogens is 1. The maximum absolute atomic E-state index is 10.7. The number of thiophene rings is 1. The molecule has 1 aromatic carbocycles. The highest BCUT2D eigenvalue weighted by atomic mass is 35.5. The highest BCUT2D eigenvalue weighted by molar-refractivity contribution is 7.13. The summed E-state index contributed by atoms with van der Waals surface area (Å²) in [6.07, 6.45) is 3.39. The summed E-state index contributed by atoms with van der Waals surface area (Å²) >= 11 is 7.77. The Bertz CT molecular complexity index is 1210. The number of fused-ring (bicyclic) bond motifs is 1. The van der Waals surface area contributed by atoms with E-state index in [9.17, 15) is 10.2 Å². The molecule has 6 nitrogen and oxygen atoms in total. The van der Waals surface area contributed by atoms with Gasteiger partial charge in [-0.05, 0) is 53.6 Å². The third-order valence-corrected chi connectivity index (χ3v) is 7.34. The molecule has 0 unspecified atom stereocenters. The van der Waals surface area contributed by atoms with Gasteiger partial charge in [0, 0.05) is 34.1 Å². The van der Waals surface area contributed by atoms with Crippen molar-refractivity contribution in [3.63, 3.8) is 0 Å². The second-order valence-electron chi connectivity index (χ2n) is 8.09. The van der Waals surface area contributed by atoms with Gasteiger partial charge in [-0.25, -0.2) is 4.98 Å². The Balaban J connectivity index is 1.55. The van der Waals surface area contributed by atoms with Crippen molar-refractivity contribution in [2.45, 2.75) is 31.1 Å². The van der Waals surface area contributed by atoms with E-state index in [2.05, 4.69) is 33.5 Å². The van der Waals surface area contributed by atoms with Crippen LogP contribution in [-0.2, 0) is 6.42 Å². The maximum Gasteiger partial charge on any atom is 0.224 e. The fraction of sp³-hybridized carbons (Fsp3) is 0.304. The topological polar surface area (TPSA) is 97.2 Å². The lowest BCUT2D eigenvalue weighted by Gasteiger charge is -2.18. The van der Waals surface area contributed by atoms with Crippen molar-refractivity contribution < 1.29 is 10.2 Å². The molecule has 0 bridgehead atoms. The summed E-state index contributed by atoms with van der Waals surface area (Å²) < 4.78 is 1.93. The van der Waals surface area contributed by atoms with Gasteiger partial charge in [-0.3, -0.25) is 0 Å². The van der Waals surface area contributed by atoms with Gasteiger partial charge in [-0.15, -0.1) is 11.3 Å². The van der Waals surface area contributed by atoms with Crippen molar-refractivity contribution >= 4 is 34.0 Å². The molecule has 1 aliphatic rings. The van der Waals surface area contributed by atoms with Gasteiger partial charge in [-0.2, -0.15) is 4.98 Å². The molecule has 4 N–H and O–H groups in total. The van der Waals surface area contributed by atoms with Crippen molar-refractivity contribution in [1.29, 1.82) is 0 Å². The lowest BCUT2D eigenvalue weighted by molar-refractivity contribution is 0.00823. The van der Waals surface area contributed by atoms with E-state index < -0.39 is 12.2 Å². The molecule has 0 radical (unpaired) electrons. The summed E-state index contributed by atoms with van der Waals surface area (Å²) in [5, 5.41) is 24.3. The molecule has 160 valence electrons. The number of aromatic nitrogens is 3. The Morgan fingerprint density at radius 1 is 1.16 bits per heavy atom. The third kappa shape index (κ3) is 3.77. The van der Waals surface area contributed by atoms with Gasteiger partial charge < -0.3 is 20.5 Å². The Morgan fingerprint density at radius 2 is 1.97 bits per heavy atom. The lowest BCUT2D eigenvalue weighted by Crippen LogP contribution is -2.31. The monoisotopic (exact) mass is 454 g/mol. The van der Waals surface area contributed by atoms with Crippen LogP contribution in [0.3, 0.4) is 0 Å². The summed E-state index contributed by atoms with van der Waals surface area (Å²) in [5.74, 6) is -0.155. The number of aliphatic hydroxyl groups is 2. The summed E-state index contributed by atoms with van der Waals surface area (Å²) in [6.45, 7) is 0.324. The highest BCUT2D eigenvalue weighted by Gasteiger charge is 2.42. The predicted molar refractivity (Wildman–Crippen MR) is 123 cm³/mol. The second-order valence-corrected chi connectivity index (χ2v) is 9.34. The van der Waals surface area contributed by atoms with Crippen LogP contribution in [-0.4, -0.2) is 43.5 Å². The van der Waals surface area contributed by atoms with Crippen LogP contribution in [0.25, 0.3) is 21.5 Å². The van der Waals surface area contributed by atoms with Crippen LogP contribution in [0.5, 0.6) is 0 Å². The fourth-order valence-corrected chi connectivity index (χ4v) is 5.58. The standard InChI is InChI=1S/C23H23ClN4O2S/c24-23-26-10-16-17(19-7-14(12-31-19)6-13-4-2-1-3-5-13)11-28(22(16)27-23)18-8-15(9-25)20(29)21(18)30/h1-5,7,10-12,15,18,20-21,29-30H,6,8-9,25H2/t15-,18-,20-,21+/m1/s1. The van der Waals surface area contributed by atoms with Gasteiger partial charge in [0.2, 0.25) is 5.28 Å². The maximum atomic E-state index is 10.7. The van der Waals surface area contributed by atoms with E-state index in [0.29, 0.717) is 18.6 Å². The Hall–Kier alpha value is -2.29. The summed E-state index contributed by atoms with van der Waals surface area (Å²) in [4.78, 5) is 9.74. The van der Waals surface area contributed by atoms with E-state index >= 15 is 0 Å².